The maximum Gasteiger partial charge on any atom is 0.216 e. The summed E-state index contributed by atoms with van der Waals surface area (Å²) in [5.41, 5.74) is 0. The fourth-order valence-electron chi connectivity index (χ4n) is 2.21. The molecule has 5 heteroatoms. The van der Waals surface area contributed by atoms with Crippen molar-refractivity contribution in [2.24, 2.45) is 5.92 Å². The van der Waals surface area contributed by atoms with E-state index in [9.17, 15) is 0 Å². The van der Waals surface area contributed by atoms with E-state index in [4.69, 9.17) is 4.42 Å². The topological polar surface area (TPSA) is 51.0 Å². The lowest BCUT2D eigenvalue weighted by molar-refractivity contribution is 0.388. The molecule has 0 spiro atoms. The summed E-state index contributed by atoms with van der Waals surface area (Å²) in [6.45, 7) is 4.16. The highest BCUT2D eigenvalue weighted by Gasteiger charge is 2.17. The number of nitrogens with zero attached hydrogens (tertiary/aromatic N) is 2. The zero-order valence-corrected chi connectivity index (χ0v) is 12.0. The van der Waals surface area contributed by atoms with Gasteiger partial charge in [-0.25, -0.2) is 0 Å². The molecule has 4 nitrogen and oxygen atoms in total. The van der Waals surface area contributed by atoms with Gasteiger partial charge < -0.3 is 9.73 Å². The first-order valence-electron chi connectivity index (χ1n) is 6.98. The summed E-state index contributed by atoms with van der Waals surface area (Å²) in [5, 5.41) is 11.6. The molecule has 18 heavy (non-hydrogen) atoms. The van der Waals surface area contributed by atoms with Crippen LogP contribution in [0.1, 0.15) is 38.0 Å². The third kappa shape index (κ3) is 4.61. The predicted octanol–water partition coefficient (Wildman–Crippen LogP) is 2.30. The summed E-state index contributed by atoms with van der Waals surface area (Å²) in [6.07, 6.45) is 5.52. The minimum Gasteiger partial charge on any atom is -0.425 e. The van der Waals surface area contributed by atoms with Crippen LogP contribution in [0.25, 0.3) is 0 Å². The molecule has 0 saturated carbocycles. The van der Waals surface area contributed by atoms with Crippen LogP contribution >= 0.6 is 11.8 Å². The van der Waals surface area contributed by atoms with Crippen LogP contribution in [0.15, 0.2) is 4.42 Å². The Kier molecular flexibility index (Phi) is 6.00. The molecule has 0 aliphatic carbocycles. The molecule has 1 aliphatic heterocycles. The maximum absolute atomic E-state index is 5.71. The third-order valence-corrected chi connectivity index (χ3v) is 4.36. The number of aryl methyl sites for hydroxylation is 1. The SMILES string of the molecule is CCNCCCc1nnc(CC2CCSCC2)o1. The summed E-state index contributed by atoms with van der Waals surface area (Å²) >= 11 is 2.06. The summed E-state index contributed by atoms with van der Waals surface area (Å²) in [5.74, 6) is 4.96. The van der Waals surface area contributed by atoms with Gasteiger partial charge in [0.15, 0.2) is 0 Å². The number of hydrogen-bond acceptors (Lipinski definition) is 5. The van der Waals surface area contributed by atoms with Gasteiger partial charge in [-0.15, -0.1) is 10.2 Å². The summed E-state index contributed by atoms with van der Waals surface area (Å²) in [7, 11) is 0. The Morgan fingerprint density at radius 3 is 2.83 bits per heavy atom. The Hall–Kier alpha value is -0.550. The largest absolute Gasteiger partial charge is 0.425 e. The van der Waals surface area contributed by atoms with Crippen molar-refractivity contribution >= 4 is 11.8 Å². The van der Waals surface area contributed by atoms with Crippen LogP contribution in [0, 0.1) is 5.92 Å². The number of rotatable bonds is 7. The van der Waals surface area contributed by atoms with Crippen LogP contribution in [0.2, 0.25) is 0 Å². The van der Waals surface area contributed by atoms with Crippen LogP contribution in [0.5, 0.6) is 0 Å². The van der Waals surface area contributed by atoms with Crippen molar-refractivity contribution < 1.29 is 4.42 Å². The molecule has 1 fully saturated rings. The number of aromatic nitrogens is 2. The van der Waals surface area contributed by atoms with Crippen molar-refractivity contribution in [1.29, 1.82) is 0 Å². The Balaban J connectivity index is 1.71. The molecule has 1 aliphatic rings. The average Bonchev–Trinajstić information content (AvgIpc) is 2.84. The Bertz CT molecular complexity index is 337. The van der Waals surface area contributed by atoms with Gasteiger partial charge in [0.05, 0.1) is 0 Å². The van der Waals surface area contributed by atoms with Crippen molar-refractivity contribution in [3.8, 4) is 0 Å². The molecule has 2 rings (SSSR count). The van der Waals surface area contributed by atoms with Crippen LogP contribution in [0.4, 0.5) is 0 Å². The highest BCUT2D eigenvalue weighted by molar-refractivity contribution is 7.99. The second kappa shape index (κ2) is 7.79. The lowest BCUT2D eigenvalue weighted by Gasteiger charge is -2.19. The molecule has 102 valence electrons. The van der Waals surface area contributed by atoms with Crippen LogP contribution < -0.4 is 5.32 Å². The van der Waals surface area contributed by atoms with Gasteiger partial charge in [0.1, 0.15) is 0 Å². The van der Waals surface area contributed by atoms with Gasteiger partial charge in [0, 0.05) is 12.8 Å². The van der Waals surface area contributed by atoms with E-state index in [1.807, 2.05) is 0 Å². The van der Waals surface area contributed by atoms with Gasteiger partial charge in [-0.1, -0.05) is 6.92 Å². The Morgan fingerprint density at radius 2 is 2.06 bits per heavy atom. The fraction of sp³-hybridized carbons (Fsp3) is 0.846. The van der Waals surface area contributed by atoms with Crippen LogP contribution in [0.3, 0.4) is 0 Å². The average molecular weight is 269 g/mol. The van der Waals surface area contributed by atoms with Gasteiger partial charge in [-0.05, 0) is 49.8 Å². The standard InChI is InChI=1S/C13H23N3OS/c1-2-14-7-3-4-12-15-16-13(17-12)10-11-5-8-18-9-6-11/h11,14H,2-10H2,1H3. The normalized spacial score (nSPS) is 17.2. The van der Waals surface area contributed by atoms with E-state index in [1.54, 1.807) is 0 Å². The first-order chi connectivity index (χ1) is 8.88. The van der Waals surface area contributed by atoms with Crippen molar-refractivity contribution in [2.45, 2.75) is 39.0 Å². The summed E-state index contributed by atoms with van der Waals surface area (Å²) in [6, 6.07) is 0. The first-order valence-corrected chi connectivity index (χ1v) is 8.13. The highest BCUT2D eigenvalue weighted by atomic mass is 32.2. The van der Waals surface area contributed by atoms with Crippen molar-refractivity contribution in [3.63, 3.8) is 0 Å². The first kappa shape index (κ1) is 13.9. The number of hydrogen-bond donors (Lipinski definition) is 1. The quantitative estimate of drug-likeness (QED) is 0.770. The van der Waals surface area contributed by atoms with E-state index >= 15 is 0 Å². The molecular weight excluding hydrogens is 246 g/mol. The minimum atomic E-state index is 0.751. The molecule has 0 amide bonds. The zero-order valence-electron chi connectivity index (χ0n) is 11.2. The summed E-state index contributed by atoms with van der Waals surface area (Å²) in [4.78, 5) is 0. The van der Waals surface area contributed by atoms with Crippen molar-refractivity contribution in [1.82, 2.24) is 15.5 Å². The van der Waals surface area contributed by atoms with E-state index in [2.05, 4.69) is 34.2 Å². The van der Waals surface area contributed by atoms with E-state index in [-0.39, 0.29) is 0 Å². The minimum absolute atomic E-state index is 0.751. The molecule has 1 N–H and O–H groups in total. The zero-order chi connectivity index (χ0) is 12.6. The predicted molar refractivity (Wildman–Crippen MR) is 74.9 cm³/mol. The lowest BCUT2D eigenvalue weighted by Crippen LogP contribution is -2.14. The Morgan fingerprint density at radius 1 is 1.28 bits per heavy atom. The lowest BCUT2D eigenvalue weighted by atomic mass is 9.99. The molecular formula is C13H23N3OS. The van der Waals surface area contributed by atoms with E-state index < -0.39 is 0 Å². The molecule has 0 atom stereocenters. The summed E-state index contributed by atoms with van der Waals surface area (Å²) < 4.78 is 5.71. The van der Waals surface area contributed by atoms with Crippen LogP contribution in [-0.4, -0.2) is 34.8 Å². The molecule has 0 aromatic carbocycles. The van der Waals surface area contributed by atoms with E-state index in [0.29, 0.717) is 0 Å². The molecule has 0 radical (unpaired) electrons. The highest BCUT2D eigenvalue weighted by Crippen LogP contribution is 2.25. The van der Waals surface area contributed by atoms with Crippen LogP contribution in [-0.2, 0) is 12.8 Å². The fourth-order valence-corrected chi connectivity index (χ4v) is 3.41. The smallest absolute Gasteiger partial charge is 0.216 e. The van der Waals surface area contributed by atoms with E-state index in [0.717, 1.165) is 50.1 Å². The van der Waals surface area contributed by atoms with Crippen molar-refractivity contribution in [2.75, 3.05) is 24.6 Å². The molecule has 1 aromatic heterocycles. The van der Waals surface area contributed by atoms with Gasteiger partial charge in [0.25, 0.3) is 0 Å². The van der Waals surface area contributed by atoms with Gasteiger partial charge in [-0.2, -0.15) is 11.8 Å². The van der Waals surface area contributed by atoms with Gasteiger partial charge in [-0.3, -0.25) is 0 Å². The van der Waals surface area contributed by atoms with Gasteiger partial charge in [0.2, 0.25) is 11.8 Å². The second-order valence-corrected chi connectivity index (χ2v) is 6.03. The molecule has 0 bridgehead atoms. The number of nitrogens with one attached hydrogen (secondary N) is 1. The van der Waals surface area contributed by atoms with E-state index in [1.165, 1.54) is 24.3 Å². The maximum atomic E-state index is 5.71. The monoisotopic (exact) mass is 269 g/mol. The molecule has 2 heterocycles. The Labute approximate surface area is 113 Å². The van der Waals surface area contributed by atoms with Crippen molar-refractivity contribution in [3.05, 3.63) is 11.8 Å². The number of thioether (sulfide) groups is 1. The third-order valence-electron chi connectivity index (χ3n) is 3.31. The molecule has 1 saturated heterocycles. The van der Waals surface area contributed by atoms with Gasteiger partial charge >= 0.3 is 0 Å². The second-order valence-electron chi connectivity index (χ2n) is 4.81. The molecule has 1 aromatic rings. The molecule has 0 unspecified atom stereocenters.